The van der Waals surface area contributed by atoms with Gasteiger partial charge in [0.1, 0.15) is 12.2 Å². The van der Waals surface area contributed by atoms with Gasteiger partial charge in [-0.15, -0.1) is 0 Å². The summed E-state index contributed by atoms with van der Waals surface area (Å²) in [5.74, 6) is 0.936. The van der Waals surface area contributed by atoms with Gasteiger partial charge in [-0.1, -0.05) is 13.8 Å². The van der Waals surface area contributed by atoms with Crippen molar-refractivity contribution in [3.05, 3.63) is 12.2 Å². The summed E-state index contributed by atoms with van der Waals surface area (Å²) in [5.41, 5.74) is -0.461. The van der Waals surface area contributed by atoms with E-state index in [4.69, 9.17) is 0 Å². The smallest absolute Gasteiger partial charge is 0.160 e. The quantitative estimate of drug-likeness (QED) is 0.758. The summed E-state index contributed by atoms with van der Waals surface area (Å²) >= 11 is 0. The molecule has 0 radical (unpaired) electrons. The van der Waals surface area contributed by atoms with Gasteiger partial charge in [0.2, 0.25) is 0 Å². The lowest BCUT2D eigenvalue weighted by atomic mass is 9.94. The summed E-state index contributed by atoms with van der Waals surface area (Å²) in [6.07, 6.45) is 1.86. The summed E-state index contributed by atoms with van der Waals surface area (Å²) in [6.45, 7) is 13.9. The number of Topliss-reactive ketones (excluding diaryl/α,β-unsaturated/α-hetero) is 1. The van der Waals surface area contributed by atoms with Crippen LogP contribution >= 0.6 is 0 Å². The second kappa shape index (κ2) is 6.28. The molecule has 0 aromatic carbocycles. The van der Waals surface area contributed by atoms with Crippen molar-refractivity contribution in [1.29, 1.82) is 0 Å². The predicted octanol–water partition coefficient (Wildman–Crippen LogP) is 2.09. The Morgan fingerprint density at radius 3 is 2.42 bits per heavy atom. The van der Waals surface area contributed by atoms with E-state index < -0.39 is 5.54 Å². The molecule has 0 aliphatic rings. The number of carbonyl (C=O) groups is 1. The Hall–Kier alpha value is -1.23. The molecule has 5 nitrogen and oxygen atoms in total. The number of ketones is 1. The molecule has 0 aliphatic carbocycles. The normalized spacial score (nSPS) is 12.4. The fourth-order valence-electron chi connectivity index (χ4n) is 2.38. The van der Waals surface area contributed by atoms with Gasteiger partial charge >= 0.3 is 0 Å². The lowest BCUT2D eigenvalue weighted by Crippen LogP contribution is -2.50. The highest BCUT2D eigenvalue weighted by atomic mass is 16.1. The van der Waals surface area contributed by atoms with E-state index in [-0.39, 0.29) is 11.8 Å². The van der Waals surface area contributed by atoms with Gasteiger partial charge in [-0.3, -0.25) is 9.69 Å². The summed E-state index contributed by atoms with van der Waals surface area (Å²) in [7, 11) is 0. The fourth-order valence-corrected chi connectivity index (χ4v) is 2.38. The molecule has 1 aromatic heterocycles. The highest BCUT2D eigenvalue weighted by Gasteiger charge is 2.33. The van der Waals surface area contributed by atoms with Crippen LogP contribution in [0.4, 0.5) is 0 Å². The van der Waals surface area contributed by atoms with Crippen LogP contribution in [-0.2, 0) is 11.2 Å². The molecule has 0 aliphatic heterocycles. The van der Waals surface area contributed by atoms with Crippen LogP contribution in [0, 0.1) is 0 Å². The molecule has 0 unspecified atom stereocenters. The van der Waals surface area contributed by atoms with Crippen molar-refractivity contribution in [2.45, 2.75) is 59.5 Å². The standard InChI is InChI=1S/C14H26N4O/c1-7-17(8-2)14(5,6)12(19)9-13-15-10-16-18(13)11(3)4/h10-11H,7-9H2,1-6H3. The molecule has 1 heterocycles. The van der Waals surface area contributed by atoms with E-state index >= 15 is 0 Å². The number of rotatable bonds is 7. The minimum Gasteiger partial charge on any atom is -0.297 e. The molecule has 5 heteroatoms. The third-order valence-corrected chi connectivity index (χ3v) is 3.69. The minimum absolute atomic E-state index is 0.186. The summed E-state index contributed by atoms with van der Waals surface area (Å²) in [4.78, 5) is 18.9. The average Bonchev–Trinajstić information content (AvgIpc) is 2.78. The molecule has 0 saturated carbocycles. The molecule has 0 N–H and O–H groups in total. The van der Waals surface area contributed by atoms with Crippen molar-refractivity contribution in [1.82, 2.24) is 19.7 Å². The maximum Gasteiger partial charge on any atom is 0.160 e. The zero-order chi connectivity index (χ0) is 14.6. The molecular weight excluding hydrogens is 240 g/mol. The van der Waals surface area contributed by atoms with Crippen molar-refractivity contribution in [3.63, 3.8) is 0 Å². The van der Waals surface area contributed by atoms with Crippen LogP contribution in [0.1, 0.15) is 53.4 Å². The summed E-state index contributed by atoms with van der Waals surface area (Å²) in [5, 5.41) is 4.18. The Labute approximate surface area is 116 Å². The Morgan fingerprint density at radius 2 is 1.95 bits per heavy atom. The fraction of sp³-hybridized carbons (Fsp3) is 0.786. The number of likely N-dealkylation sites (N-methyl/N-ethyl adjacent to an activating group) is 1. The van der Waals surface area contributed by atoms with E-state index in [1.807, 2.05) is 32.4 Å². The van der Waals surface area contributed by atoms with Gasteiger partial charge in [0.25, 0.3) is 0 Å². The lowest BCUT2D eigenvalue weighted by molar-refractivity contribution is -0.128. The lowest BCUT2D eigenvalue weighted by Gasteiger charge is -2.35. The largest absolute Gasteiger partial charge is 0.297 e. The van der Waals surface area contributed by atoms with E-state index in [1.165, 1.54) is 6.33 Å². The first kappa shape index (κ1) is 15.8. The van der Waals surface area contributed by atoms with Crippen LogP contribution in [0.2, 0.25) is 0 Å². The maximum atomic E-state index is 12.5. The van der Waals surface area contributed by atoms with E-state index in [0.717, 1.165) is 18.9 Å². The monoisotopic (exact) mass is 266 g/mol. The van der Waals surface area contributed by atoms with Crippen molar-refractivity contribution < 1.29 is 4.79 Å². The molecule has 1 aromatic rings. The van der Waals surface area contributed by atoms with Gasteiger partial charge in [-0.25, -0.2) is 9.67 Å². The van der Waals surface area contributed by atoms with Crippen LogP contribution in [0.5, 0.6) is 0 Å². The first-order chi connectivity index (χ1) is 8.84. The zero-order valence-corrected chi connectivity index (χ0v) is 13.0. The summed E-state index contributed by atoms with van der Waals surface area (Å²) < 4.78 is 1.82. The third-order valence-electron chi connectivity index (χ3n) is 3.69. The van der Waals surface area contributed by atoms with Crippen molar-refractivity contribution >= 4 is 5.78 Å². The van der Waals surface area contributed by atoms with Crippen LogP contribution in [0.3, 0.4) is 0 Å². The van der Waals surface area contributed by atoms with Gasteiger partial charge in [-0.05, 0) is 40.8 Å². The Balaban J connectivity index is 2.87. The molecule has 19 heavy (non-hydrogen) atoms. The van der Waals surface area contributed by atoms with E-state index in [0.29, 0.717) is 6.42 Å². The van der Waals surface area contributed by atoms with Crippen LogP contribution in [0.25, 0.3) is 0 Å². The van der Waals surface area contributed by atoms with Gasteiger partial charge in [0.05, 0.1) is 12.0 Å². The highest BCUT2D eigenvalue weighted by Crippen LogP contribution is 2.18. The minimum atomic E-state index is -0.461. The predicted molar refractivity (Wildman–Crippen MR) is 76.1 cm³/mol. The van der Waals surface area contributed by atoms with Crippen molar-refractivity contribution in [2.24, 2.45) is 0 Å². The van der Waals surface area contributed by atoms with Crippen molar-refractivity contribution in [2.75, 3.05) is 13.1 Å². The molecule has 0 atom stereocenters. The summed E-state index contributed by atoms with van der Waals surface area (Å²) in [6, 6.07) is 0.224. The number of nitrogens with zero attached hydrogens (tertiary/aromatic N) is 4. The Morgan fingerprint density at radius 1 is 1.37 bits per heavy atom. The van der Waals surface area contributed by atoms with Gasteiger partial charge < -0.3 is 0 Å². The molecule has 1 rings (SSSR count). The number of aromatic nitrogens is 3. The number of hydrogen-bond acceptors (Lipinski definition) is 4. The molecule has 0 amide bonds. The second-order valence-corrected chi connectivity index (χ2v) is 5.55. The maximum absolute atomic E-state index is 12.5. The van der Waals surface area contributed by atoms with Gasteiger partial charge in [0, 0.05) is 6.04 Å². The van der Waals surface area contributed by atoms with E-state index in [1.54, 1.807) is 0 Å². The van der Waals surface area contributed by atoms with Crippen LogP contribution in [0.15, 0.2) is 6.33 Å². The van der Waals surface area contributed by atoms with Crippen LogP contribution in [-0.4, -0.2) is 44.1 Å². The van der Waals surface area contributed by atoms with E-state index in [2.05, 4.69) is 28.8 Å². The first-order valence-electron chi connectivity index (χ1n) is 7.01. The zero-order valence-electron chi connectivity index (χ0n) is 13.0. The Kier molecular flexibility index (Phi) is 5.23. The van der Waals surface area contributed by atoms with Crippen molar-refractivity contribution in [3.8, 4) is 0 Å². The first-order valence-corrected chi connectivity index (χ1v) is 7.01. The van der Waals surface area contributed by atoms with Gasteiger partial charge in [0.15, 0.2) is 5.78 Å². The van der Waals surface area contributed by atoms with Crippen LogP contribution < -0.4 is 0 Å². The Bertz CT molecular complexity index is 419. The molecular formula is C14H26N4O. The SMILES string of the molecule is CCN(CC)C(C)(C)C(=O)Cc1ncnn1C(C)C. The van der Waals surface area contributed by atoms with E-state index in [9.17, 15) is 4.79 Å². The molecule has 0 spiro atoms. The van der Waals surface area contributed by atoms with Gasteiger partial charge in [-0.2, -0.15) is 5.10 Å². The topological polar surface area (TPSA) is 51.0 Å². The third kappa shape index (κ3) is 3.41. The number of carbonyl (C=O) groups excluding carboxylic acids is 1. The second-order valence-electron chi connectivity index (χ2n) is 5.55. The molecule has 0 fully saturated rings. The number of hydrogen-bond donors (Lipinski definition) is 0. The average molecular weight is 266 g/mol. The molecule has 108 valence electrons. The molecule has 0 saturated heterocycles. The highest BCUT2D eigenvalue weighted by molar-refractivity contribution is 5.88. The molecule has 0 bridgehead atoms.